The number of nitrogens with one attached hydrogen (secondary N) is 4. The lowest BCUT2D eigenvalue weighted by Crippen LogP contribution is -2.63. The molecular weight excluding hydrogens is 855 g/mol. The van der Waals surface area contributed by atoms with Crippen molar-refractivity contribution in [3.8, 4) is 0 Å². The molecule has 0 bridgehead atoms. The number of rotatable bonds is 26. The highest BCUT2D eigenvalue weighted by molar-refractivity contribution is 8.00. The van der Waals surface area contributed by atoms with E-state index in [4.69, 9.17) is 26.7 Å². The van der Waals surface area contributed by atoms with Gasteiger partial charge in [0.25, 0.3) is 0 Å². The van der Waals surface area contributed by atoms with Crippen LogP contribution in [0.4, 0.5) is 4.79 Å². The van der Waals surface area contributed by atoms with Gasteiger partial charge in [0.15, 0.2) is 0 Å². The molecule has 10 N–H and O–H groups in total. The van der Waals surface area contributed by atoms with Crippen LogP contribution >= 0.6 is 11.8 Å². The van der Waals surface area contributed by atoms with Crippen molar-refractivity contribution in [1.82, 2.24) is 21.3 Å². The van der Waals surface area contributed by atoms with Crippen LogP contribution in [-0.2, 0) is 28.7 Å². The van der Waals surface area contributed by atoms with E-state index in [9.17, 15) is 24.0 Å². The van der Waals surface area contributed by atoms with Crippen LogP contribution in [0.3, 0.4) is 0 Å². The number of fused-ring (bicyclic) bond motifs is 6. The van der Waals surface area contributed by atoms with E-state index in [1.807, 2.05) is 11.8 Å². The van der Waals surface area contributed by atoms with Crippen LogP contribution in [0.1, 0.15) is 156 Å². The van der Waals surface area contributed by atoms with Crippen LogP contribution in [0.5, 0.6) is 0 Å². The van der Waals surface area contributed by atoms with Gasteiger partial charge in [0, 0.05) is 61.4 Å². The zero-order chi connectivity index (χ0) is 47.4. The predicted octanol–water partition coefficient (Wildman–Crippen LogP) is 6.23. The summed E-state index contributed by atoms with van der Waals surface area (Å²) in [5.74, 6) is 2.64. The second-order valence-electron chi connectivity index (χ2n) is 21.7. The highest BCUT2D eigenvalue weighted by Crippen LogP contribution is 2.70. The van der Waals surface area contributed by atoms with E-state index in [1.165, 1.54) is 5.57 Å². The molecule has 4 saturated carbocycles. The second kappa shape index (κ2) is 24.6. The van der Waals surface area contributed by atoms with E-state index in [0.29, 0.717) is 49.6 Å². The van der Waals surface area contributed by atoms with Gasteiger partial charge in [0.05, 0.1) is 24.9 Å². The fourth-order valence-electron chi connectivity index (χ4n) is 14.1. The maximum Gasteiger partial charge on any atom is 0.315 e. The third-order valence-electron chi connectivity index (χ3n) is 17.6. The zero-order valence-corrected chi connectivity index (χ0v) is 41.5. The summed E-state index contributed by atoms with van der Waals surface area (Å²) >= 11 is 1.91. The van der Waals surface area contributed by atoms with E-state index in [0.717, 1.165) is 115 Å². The van der Waals surface area contributed by atoms with Crippen molar-refractivity contribution >= 4 is 41.5 Å². The van der Waals surface area contributed by atoms with E-state index >= 15 is 0 Å². The Bertz CT molecular complexity index is 1670. The maximum absolute atomic E-state index is 13.4. The van der Waals surface area contributed by atoms with E-state index < -0.39 is 0 Å². The SMILES string of the molecule is C=C(CCN)C[C@@H]1CCC2(C)C(CC(OC(=O)CCN)C3[C@@H]2C[C@H](OC(=O)CCN)C2(C)C([C@H](C)CCC(=O)NCCCCCCNC(=O)CCCCC4SC[C@H]5NC(=O)N[C@@H]45)CC[C@@H]32)C1. The molecule has 14 nitrogen and oxygen atoms in total. The Kier molecular flexibility index (Phi) is 19.6. The van der Waals surface area contributed by atoms with Crippen LogP contribution in [0.25, 0.3) is 0 Å². The molecule has 0 aromatic rings. The first kappa shape index (κ1) is 52.5. The molecule has 6 fully saturated rings. The molecule has 374 valence electrons. The number of nitrogens with two attached hydrogens (primary N) is 3. The zero-order valence-electron chi connectivity index (χ0n) is 40.7. The van der Waals surface area contributed by atoms with Gasteiger partial charge in [-0.15, -0.1) is 0 Å². The van der Waals surface area contributed by atoms with Crippen LogP contribution in [-0.4, -0.2) is 97.8 Å². The number of hydrogen-bond acceptors (Lipinski definition) is 11. The number of carbonyl (C=O) groups is 5. The Labute approximate surface area is 400 Å². The molecular formula is C51H87N7O7S. The number of unbranched alkanes of at least 4 members (excludes halogenated alkanes) is 4. The number of urea groups is 1. The molecule has 2 saturated heterocycles. The molecule has 66 heavy (non-hydrogen) atoms. The van der Waals surface area contributed by atoms with Gasteiger partial charge < -0.3 is 47.9 Å². The van der Waals surface area contributed by atoms with Gasteiger partial charge in [-0.05, 0) is 137 Å². The number of ether oxygens (including phenoxy) is 2. The van der Waals surface area contributed by atoms with Gasteiger partial charge in [-0.3, -0.25) is 19.2 Å². The first-order chi connectivity index (χ1) is 31.7. The third kappa shape index (κ3) is 12.8. The summed E-state index contributed by atoms with van der Waals surface area (Å²) in [6.45, 7) is 13.8. The molecule has 7 unspecified atom stereocenters. The maximum atomic E-state index is 13.4. The number of carbonyl (C=O) groups excluding carboxylic acids is 5. The van der Waals surface area contributed by atoms with Crippen molar-refractivity contribution in [2.45, 2.75) is 185 Å². The lowest BCUT2D eigenvalue weighted by Gasteiger charge is -2.64. The van der Waals surface area contributed by atoms with Crippen molar-refractivity contribution < 1.29 is 33.4 Å². The minimum absolute atomic E-state index is 0.0284. The summed E-state index contributed by atoms with van der Waals surface area (Å²) in [4.78, 5) is 63.9. The average Bonchev–Trinajstić information content (AvgIpc) is 3.95. The summed E-state index contributed by atoms with van der Waals surface area (Å²) in [5, 5.41) is 12.7. The molecule has 15 heteroatoms. The highest BCUT2D eigenvalue weighted by atomic mass is 32.2. The van der Waals surface area contributed by atoms with Crippen molar-refractivity contribution in [3.05, 3.63) is 12.2 Å². The van der Waals surface area contributed by atoms with Gasteiger partial charge in [0.2, 0.25) is 11.8 Å². The summed E-state index contributed by atoms with van der Waals surface area (Å²) in [7, 11) is 0. The van der Waals surface area contributed by atoms with Crippen LogP contribution in [0, 0.1) is 52.3 Å². The number of esters is 2. The van der Waals surface area contributed by atoms with Gasteiger partial charge >= 0.3 is 18.0 Å². The second-order valence-corrected chi connectivity index (χ2v) is 23.0. The van der Waals surface area contributed by atoms with Crippen molar-refractivity contribution in [3.63, 3.8) is 0 Å². The lowest BCUT2D eigenvalue weighted by molar-refractivity contribution is -0.223. The highest BCUT2D eigenvalue weighted by Gasteiger charge is 2.67. The molecule has 0 aromatic carbocycles. The number of thioether (sulfide) groups is 1. The molecule has 0 spiro atoms. The Hall–Kier alpha value is -2.88. The van der Waals surface area contributed by atoms with Crippen LogP contribution in [0.2, 0.25) is 0 Å². The van der Waals surface area contributed by atoms with Crippen molar-refractivity contribution in [2.75, 3.05) is 38.5 Å². The number of hydrogen-bond donors (Lipinski definition) is 7. The van der Waals surface area contributed by atoms with Gasteiger partial charge in [-0.2, -0.15) is 11.8 Å². The lowest BCUT2D eigenvalue weighted by atomic mass is 9.42. The molecule has 0 aromatic heterocycles. The largest absolute Gasteiger partial charge is 0.462 e. The monoisotopic (exact) mass is 942 g/mol. The van der Waals surface area contributed by atoms with Crippen molar-refractivity contribution in [2.24, 2.45) is 69.5 Å². The van der Waals surface area contributed by atoms with Gasteiger partial charge in [-0.1, -0.05) is 52.2 Å². The smallest absolute Gasteiger partial charge is 0.315 e. The summed E-state index contributed by atoms with van der Waals surface area (Å²) in [5.41, 5.74) is 18.5. The quantitative estimate of drug-likeness (QED) is 0.0222. The minimum atomic E-state index is -0.340. The first-order valence-electron chi connectivity index (χ1n) is 26.1. The van der Waals surface area contributed by atoms with Gasteiger partial charge in [0.1, 0.15) is 12.2 Å². The molecule has 4 aliphatic carbocycles. The average molecular weight is 942 g/mol. The first-order valence-corrected chi connectivity index (χ1v) is 27.1. The molecule has 2 heterocycles. The summed E-state index contributed by atoms with van der Waals surface area (Å²) < 4.78 is 13.1. The normalized spacial score (nSPS) is 34.7. The molecule has 2 aliphatic heterocycles. The molecule has 14 atom stereocenters. The predicted molar refractivity (Wildman–Crippen MR) is 261 cm³/mol. The van der Waals surface area contributed by atoms with Crippen LogP contribution in [0.15, 0.2) is 12.2 Å². The molecule has 6 rings (SSSR count). The Morgan fingerprint density at radius 2 is 1.48 bits per heavy atom. The van der Waals surface area contributed by atoms with Crippen molar-refractivity contribution in [1.29, 1.82) is 0 Å². The number of amides is 4. The van der Waals surface area contributed by atoms with E-state index in [-0.39, 0.29) is 120 Å². The Morgan fingerprint density at radius 3 is 2.18 bits per heavy atom. The molecule has 0 radical (unpaired) electrons. The molecule has 6 aliphatic rings. The fourth-order valence-corrected chi connectivity index (χ4v) is 15.7. The van der Waals surface area contributed by atoms with Crippen LogP contribution < -0.4 is 38.5 Å². The summed E-state index contributed by atoms with van der Waals surface area (Å²) in [6, 6.07) is 0.391. The Morgan fingerprint density at radius 1 is 0.803 bits per heavy atom. The molecule has 4 amide bonds. The Balaban J connectivity index is 0.965. The van der Waals surface area contributed by atoms with E-state index in [2.05, 4.69) is 48.6 Å². The summed E-state index contributed by atoms with van der Waals surface area (Å²) in [6.07, 6.45) is 16.9. The minimum Gasteiger partial charge on any atom is -0.462 e. The fraction of sp³-hybridized carbons (Fsp3) is 0.863. The standard InChI is InChI=1S/C51H87N7O7S/c1-32(18-22-52)27-34-17-21-50(3)35(28-34)29-40(64-45(61)19-23-53)47-37-15-14-36(51(37,4)42(30-38(47)50)65-46(62)20-24-54)33(2)13-16-44(60)56-26-10-6-5-9-25-55-43(59)12-8-7-11-41-48-39(31-66-41)57-49(63)58-48/h33-42,47-48H,1,5-31,52-54H2,2-4H3,(H,55,59)(H,56,60)(H2,57,58,63)/t33-,34+,35?,36?,37+,38+,39-,40?,41?,42+,47?,48-,50?,51?/m1/s1. The van der Waals surface area contributed by atoms with E-state index in [1.54, 1.807) is 0 Å². The third-order valence-corrected chi connectivity index (χ3v) is 19.1. The topological polar surface area (TPSA) is 230 Å². The van der Waals surface area contributed by atoms with Gasteiger partial charge in [-0.25, -0.2) is 4.79 Å².